The molecule has 1 aliphatic heterocycles. The molecule has 0 aromatic carbocycles. The van der Waals surface area contributed by atoms with Crippen LogP contribution in [0.3, 0.4) is 0 Å². The molecular weight excluding hydrogens is 418 g/mol. The van der Waals surface area contributed by atoms with Gasteiger partial charge in [0.25, 0.3) is 0 Å². The minimum atomic E-state index is -1.19. The molecule has 0 amide bonds. The lowest BCUT2D eigenvalue weighted by molar-refractivity contribution is -0.0511. The largest absolute Gasteiger partial charge is 0.394 e. The number of nitrogen functional groups attached to an aromatic ring is 1. The molecule has 1 fully saturated rings. The molecule has 4 aromatic heterocycles. The number of aromatic nitrogens is 8. The summed E-state index contributed by atoms with van der Waals surface area (Å²) in [5.74, 6) is 0.696. The Morgan fingerprint density at radius 3 is 2.70 bits per heavy atom. The van der Waals surface area contributed by atoms with E-state index in [2.05, 4.69) is 34.9 Å². The van der Waals surface area contributed by atoms with E-state index >= 15 is 0 Å². The van der Waals surface area contributed by atoms with Gasteiger partial charge in [-0.1, -0.05) is 11.6 Å². The third-order valence-electron chi connectivity index (χ3n) is 4.53. The van der Waals surface area contributed by atoms with Crippen LogP contribution < -0.4 is 5.73 Å². The Balaban J connectivity index is 0.000000181. The number of rotatable bonds is 2. The summed E-state index contributed by atoms with van der Waals surface area (Å²) < 4.78 is 6.92. The molecule has 1 aliphatic rings. The summed E-state index contributed by atoms with van der Waals surface area (Å²) in [7, 11) is 0. The second-order valence-corrected chi connectivity index (χ2v) is 6.83. The maximum atomic E-state index is 10.0. The SMILES string of the molecule is Cc1nc(N)c2ncn([C@@H]3O[C@H](CO)[C@@H](O)[C@H]3O)c2n1.Clc1ncnc2nc[nH]c12. The maximum Gasteiger partial charge on any atom is 0.182 e. The Morgan fingerprint density at radius 1 is 1.20 bits per heavy atom. The number of hydrogen-bond donors (Lipinski definition) is 5. The molecule has 13 nitrogen and oxygen atoms in total. The fourth-order valence-corrected chi connectivity index (χ4v) is 3.27. The third kappa shape index (κ3) is 3.53. The monoisotopic (exact) mass is 435 g/mol. The molecule has 14 heteroatoms. The van der Waals surface area contributed by atoms with Crippen LogP contribution in [0.5, 0.6) is 0 Å². The number of aliphatic hydroxyl groups is 3. The van der Waals surface area contributed by atoms with Gasteiger partial charge in [-0.05, 0) is 6.92 Å². The number of nitrogens with one attached hydrogen (secondary N) is 1. The number of fused-ring (bicyclic) bond motifs is 2. The fraction of sp³-hybridized carbons (Fsp3) is 0.375. The highest BCUT2D eigenvalue weighted by atomic mass is 35.5. The van der Waals surface area contributed by atoms with E-state index in [1.165, 1.54) is 23.5 Å². The number of aromatic amines is 1. The van der Waals surface area contributed by atoms with Gasteiger partial charge in [-0.15, -0.1) is 0 Å². The zero-order chi connectivity index (χ0) is 21.4. The Morgan fingerprint density at radius 2 is 2.00 bits per heavy atom. The van der Waals surface area contributed by atoms with Crippen LogP contribution >= 0.6 is 11.6 Å². The maximum absolute atomic E-state index is 10.0. The number of hydrogen-bond acceptors (Lipinski definition) is 11. The molecule has 5 rings (SSSR count). The van der Waals surface area contributed by atoms with Gasteiger partial charge in [-0.25, -0.2) is 29.9 Å². The summed E-state index contributed by atoms with van der Waals surface area (Å²) in [6.07, 6.45) is 0.212. The highest BCUT2D eigenvalue weighted by Crippen LogP contribution is 2.31. The first kappa shape index (κ1) is 20.3. The van der Waals surface area contributed by atoms with Crippen LogP contribution in [0.25, 0.3) is 22.3 Å². The number of imidazole rings is 2. The molecule has 0 radical (unpaired) electrons. The lowest BCUT2D eigenvalue weighted by atomic mass is 10.1. The standard InChI is InChI=1S/C11H15N5O4.C5H3ClN4/c1-4-14-9(12)6-10(15-4)16(3-13-6)11-8(19)7(18)5(2-17)20-11;6-4-3-5(9-1-7-3)10-2-8-4/h3,5,7-8,11,17-19H,2H2,1H3,(H2,12,14,15);1-2H,(H,7,8,9,10)/t5-,7-,8-,11-;/m1./s1. The molecule has 0 bridgehead atoms. The number of halogens is 1. The van der Waals surface area contributed by atoms with Crippen LogP contribution in [-0.4, -0.2) is 79.7 Å². The third-order valence-corrected chi connectivity index (χ3v) is 4.81. The number of ether oxygens (including phenoxy) is 1. The van der Waals surface area contributed by atoms with Crippen molar-refractivity contribution in [3.05, 3.63) is 30.0 Å². The molecule has 0 spiro atoms. The van der Waals surface area contributed by atoms with Crippen molar-refractivity contribution in [3.8, 4) is 0 Å². The van der Waals surface area contributed by atoms with Gasteiger partial charge in [-0.2, -0.15) is 0 Å². The summed E-state index contributed by atoms with van der Waals surface area (Å²) in [6.45, 7) is 1.29. The second-order valence-electron chi connectivity index (χ2n) is 6.47. The van der Waals surface area contributed by atoms with Crippen molar-refractivity contribution in [1.82, 2.24) is 39.5 Å². The topological polar surface area (TPSA) is 194 Å². The van der Waals surface area contributed by atoms with Gasteiger partial charge >= 0.3 is 0 Å². The van der Waals surface area contributed by atoms with Crippen molar-refractivity contribution in [3.63, 3.8) is 0 Å². The first-order valence-electron chi connectivity index (χ1n) is 8.79. The van der Waals surface area contributed by atoms with E-state index in [-0.39, 0.29) is 5.82 Å². The number of nitrogens with two attached hydrogens (primary N) is 1. The minimum Gasteiger partial charge on any atom is -0.394 e. The predicted molar refractivity (Wildman–Crippen MR) is 104 cm³/mol. The second kappa shape index (κ2) is 8.04. The zero-order valence-electron chi connectivity index (χ0n) is 15.6. The van der Waals surface area contributed by atoms with Crippen LogP contribution in [0.15, 0.2) is 19.0 Å². The van der Waals surface area contributed by atoms with Gasteiger partial charge in [-0.3, -0.25) is 4.57 Å². The molecule has 5 heterocycles. The number of anilines is 1. The summed E-state index contributed by atoms with van der Waals surface area (Å²) >= 11 is 5.68. The number of aliphatic hydroxyl groups excluding tert-OH is 3. The normalized spacial score (nSPS) is 23.6. The molecule has 4 aromatic rings. The molecule has 0 aliphatic carbocycles. The summed E-state index contributed by atoms with van der Waals surface area (Å²) in [6, 6.07) is 0. The van der Waals surface area contributed by atoms with E-state index in [1.807, 2.05) is 0 Å². The number of aryl methyl sites for hydroxylation is 1. The fourth-order valence-electron chi connectivity index (χ4n) is 3.08. The van der Waals surface area contributed by atoms with E-state index in [9.17, 15) is 10.2 Å². The van der Waals surface area contributed by atoms with Gasteiger partial charge in [0.15, 0.2) is 28.5 Å². The Kier molecular flexibility index (Phi) is 5.44. The van der Waals surface area contributed by atoms with Crippen LogP contribution in [0.1, 0.15) is 12.1 Å². The van der Waals surface area contributed by atoms with E-state index < -0.39 is 31.1 Å². The van der Waals surface area contributed by atoms with E-state index in [0.717, 1.165) is 0 Å². The number of H-pyrrole nitrogens is 1. The number of nitrogens with zero attached hydrogens (tertiary/aromatic N) is 7. The quantitative estimate of drug-likeness (QED) is 0.250. The van der Waals surface area contributed by atoms with Crippen molar-refractivity contribution in [2.75, 3.05) is 12.3 Å². The average Bonchev–Trinajstić information content (AvgIpc) is 3.42. The Hall–Kier alpha value is -2.97. The predicted octanol–water partition coefficient (Wildman–Crippen LogP) is -0.665. The summed E-state index contributed by atoms with van der Waals surface area (Å²) in [5.41, 5.74) is 7.85. The highest BCUT2D eigenvalue weighted by Gasteiger charge is 2.44. The Labute approximate surface area is 173 Å². The molecule has 6 N–H and O–H groups in total. The van der Waals surface area contributed by atoms with Crippen molar-refractivity contribution in [2.45, 2.75) is 31.5 Å². The minimum absolute atomic E-state index is 0.234. The molecule has 1 saturated heterocycles. The molecule has 158 valence electrons. The van der Waals surface area contributed by atoms with Crippen molar-refractivity contribution in [2.24, 2.45) is 0 Å². The van der Waals surface area contributed by atoms with E-state index in [1.54, 1.807) is 6.92 Å². The van der Waals surface area contributed by atoms with E-state index in [4.69, 9.17) is 27.2 Å². The van der Waals surface area contributed by atoms with Gasteiger partial charge in [0.05, 0.1) is 19.3 Å². The van der Waals surface area contributed by atoms with Gasteiger partial charge in [0, 0.05) is 0 Å². The van der Waals surface area contributed by atoms with Gasteiger partial charge in [0.2, 0.25) is 0 Å². The summed E-state index contributed by atoms with van der Waals surface area (Å²) in [5, 5.41) is 29.3. The van der Waals surface area contributed by atoms with Crippen molar-refractivity contribution in [1.29, 1.82) is 0 Å². The van der Waals surface area contributed by atoms with Crippen LogP contribution in [-0.2, 0) is 4.74 Å². The highest BCUT2D eigenvalue weighted by molar-refractivity contribution is 6.33. The molecular formula is C16H18ClN9O4. The van der Waals surface area contributed by atoms with Gasteiger partial charge < -0.3 is 30.8 Å². The average molecular weight is 436 g/mol. The van der Waals surface area contributed by atoms with Crippen molar-refractivity contribution < 1.29 is 20.1 Å². The van der Waals surface area contributed by atoms with Crippen molar-refractivity contribution >= 4 is 39.7 Å². The lowest BCUT2D eigenvalue weighted by Crippen LogP contribution is -2.33. The van der Waals surface area contributed by atoms with E-state index in [0.29, 0.717) is 33.3 Å². The first-order chi connectivity index (χ1) is 14.4. The zero-order valence-corrected chi connectivity index (χ0v) is 16.3. The first-order valence-corrected chi connectivity index (χ1v) is 9.17. The molecule has 4 atom stereocenters. The summed E-state index contributed by atoms with van der Waals surface area (Å²) in [4.78, 5) is 26.7. The van der Waals surface area contributed by atoms with Crippen LogP contribution in [0, 0.1) is 6.92 Å². The lowest BCUT2D eigenvalue weighted by Gasteiger charge is -2.16. The smallest absolute Gasteiger partial charge is 0.182 e. The molecule has 0 saturated carbocycles. The molecule has 30 heavy (non-hydrogen) atoms. The van der Waals surface area contributed by atoms with Crippen LogP contribution in [0.2, 0.25) is 5.15 Å². The van der Waals surface area contributed by atoms with Crippen LogP contribution in [0.4, 0.5) is 5.82 Å². The Bertz CT molecular complexity index is 1180. The molecule has 0 unspecified atom stereocenters. The van der Waals surface area contributed by atoms with Gasteiger partial charge in [0.1, 0.15) is 41.5 Å².